The number of fused-ring (bicyclic) bond motifs is 5. The lowest BCUT2D eigenvalue weighted by atomic mass is 9.81. The van der Waals surface area contributed by atoms with Crippen LogP contribution in [0.2, 0.25) is 0 Å². The number of amides is 3. The van der Waals surface area contributed by atoms with E-state index in [2.05, 4.69) is 5.32 Å². The van der Waals surface area contributed by atoms with Crippen molar-refractivity contribution in [3.8, 4) is 0 Å². The quantitative estimate of drug-likeness (QED) is 0.837. The number of benzene rings is 1. The fraction of sp³-hybridized carbons (Fsp3) is 0.500. The first-order chi connectivity index (χ1) is 12.3. The van der Waals surface area contributed by atoms with Crippen molar-refractivity contribution in [1.29, 1.82) is 0 Å². The molecule has 4 atom stereocenters. The molecule has 1 heterocycles. The molecule has 2 bridgehead atoms. The van der Waals surface area contributed by atoms with Crippen LogP contribution in [-0.2, 0) is 20.6 Å². The second-order valence-corrected chi connectivity index (χ2v) is 7.27. The highest BCUT2D eigenvalue weighted by atomic mass is 19.4. The number of hydrogen-bond donors (Lipinski definition) is 1. The number of rotatable bonds is 3. The molecule has 5 nitrogen and oxygen atoms in total. The van der Waals surface area contributed by atoms with Crippen LogP contribution in [0.15, 0.2) is 24.3 Å². The first kappa shape index (κ1) is 17.1. The molecule has 0 radical (unpaired) electrons. The van der Waals surface area contributed by atoms with Gasteiger partial charge in [-0.05, 0) is 49.3 Å². The molecule has 1 aromatic rings. The zero-order valence-electron chi connectivity index (χ0n) is 13.8. The van der Waals surface area contributed by atoms with Crippen molar-refractivity contribution in [2.45, 2.75) is 25.4 Å². The number of anilines is 1. The molecule has 0 aromatic heterocycles. The lowest BCUT2D eigenvalue weighted by Gasteiger charge is -2.19. The van der Waals surface area contributed by atoms with Crippen LogP contribution in [0.25, 0.3) is 0 Å². The van der Waals surface area contributed by atoms with E-state index >= 15 is 0 Å². The van der Waals surface area contributed by atoms with Gasteiger partial charge in [0.1, 0.15) is 6.54 Å². The highest BCUT2D eigenvalue weighted by Gasteiger charge is 2.60. The normalized spacial score (nSPS) is 30.0. The van der Waals surface area contributed by atoms with E-state index in [4.69, 9.17) is 0 Å². The molecule has 0 spiro atoms. The molecule has 1 aliphatic heterocycles. The third kappa shape index (κ3) is 2.68. The van der Waals surface area contributed by atoms with Gasteiger partial charge in [0.05, 0.1) is 17.4 Å². The first-order valence-corrected chi connectivity index (χ1v) is 8.58. The Morgan fingerprint density at radius 1 is 1.12 bits per heavy atom. The molecule has 26 heavy (non-hydrogen) atoms. The van der Waals surface area contributed by atoms with Gasteiger partial charge in [0, 0.05) is 5.69 Å². The summed E-state index contributed by atoms with van der Waals surface area (Å²) in [7, 11) is 0. The van der Waals surface area contributed by atoms with Gasteiger partial charge >= 0.3 is 6.18 Å². The number of alkyl halides is 3. The molecule has 138 valence electrons. The summed E-state index contributed by atoms with van der Waals surface area (Å²) < 4.78 is 38.2. The predicted octanol–water partition coefficient (Wildman–Crippen LogP) is 2.68. The zero-order chi connectivity index (χ0) is 18.6. The minimum absolute atomic E-state index is 0.0239. The van der Waals surface area contributed by atoms with Crippen LogP contribution < -0.4 is 5.32 Å². The van der Waals surface area contributed by atoms with Crippen LogP contribution >= 0.6 is 0 Å². The molecule has 3 amide bonds. The second kappa shape index (κ2) is 5.82. The molecule has 1 N–H and O–H groups in total. The van der Waals surface area contributed by atoms with Crippen molar-refractivity contribution >= 4 is 23.4 Å². The van der Waals surface area contributed by atoms with Gasteiger partial charge in [-0.2, -0.15) is 13.2 Å². The van der Waals surface area contributed by atoms with Crippen molar-refractivity contribution in [2.24, 2.45) is 23.7 Å². The largest absolute Gasteiger partial charge is 0.416 e. The number of halogens is 3. The van der Waals surface area contributed by atoms with Gasteiger partial charge in [-0.25, -0.2) is 0 Å². The van der Waals surface area contributed by atoms with Crippen molar-refractivity contribution in [1.82, 2.24) is 4.90 Å². The zero-order valence-corrected chi connectivity index (χ0v) is 13.8. The van der Waals surface area contributed by atoms with Crippen LogP contribution in [0, 0.1) is 23.7 Å². The summed E-state index contributed by atoms with van der Waals surface area (Å²) in [4.78, 5) is 38.2. The van der Waals surface area contributed by atoms with Gasteiger partial charge in [-0.3, -0.25) is 19.3 Å². The minimum atomic E-state index is -4.52. The number of carbonyl (C=O) groups is 3. The van der Waals surface area contributed by atoms with Crippen LogP contribution in [0.4, 0.5) is 18.9 Å². The monoisotopic (exact) mass is 366 g/mol. The van der Waals surface area contributed by atoms with E-state index in [1.165, 1.54) is 12.1 Å². The van der Waals surface area contributed by atoms with Crippen molar-refractivity contribution in [3.05, 3.63) is 29.8 Å². The molecule has 8 heteroatoms. The highest BCUT2D eigenvalue weighted by molar-refractivity contribution is 6.09. The molecular formula is C18H17F3N2O3. The maximum Gasteiger partial charge on any atom is 0.416 e. The number of imide groups is 1. The summed E-state index contributed by atoms with van der Waals surface area (Å²) in [6.07, 6.45) is -1.74. The summed E-state index contributed by atoms with van der Waals surface area (Å²) in [5.74, 6) is -1.50. The van der Waals surface area contributed by atoms with Gasteiger partial charge in [0.15, 0.2) is 0 Å². The smallest absolute Gasteiger partial charge is 0.325 e. The fourth-order valence-electron chi connectivity index (χ4n) is 4.74. The van der Waals surface area contributed by atoms with E-state index in [9.17, 15) is 27.6 Å². The highest BCUT2D eigenvalue weighted by Crippen LogP contribution is 2.56. The maximum absolute atomic E-state index is 12.7. The SMILES string of the molecule is O=C(CN1C(=O)C2C3CCC(C3)C2C1=O)Nc1cccc(C(F)(F)F)c1. The Labute approximate surface area is 147 Å². The minimum Gasteiger partial charge on any atom is -0.325 e. The molecule has 1 saturated heterocycles. The summed E-state index contributed by atoms with van der Waals surface area (Å²) >= 11 is 0. The Balaban J connectivity index is 1.44. The number of nitrogens with zero attached hydrogens (tertiary/aromatic N) is 1. The van der Waals surface area contributed by atoms with Crippen LogP contribution in [-0.4, -0.2) is 29.2 Å². The van der Waals surface area contributed by atoms with Gasteiger partial charge in [0.25, 0.3) is 0 Å². The van der Waals surface area contributed by atoms with E-state index in [0.717, 1.165) is 36.3 Å². The third-order valence-corrected chi connectivity index (χ3v) is 5.79. The molecule has 3 aliphatic rings. The molecular weight excluding hydrogens is 349 g/mol. The maximum atomic E-state index is 12.7. The molecule has 2 saturated carbocycles. The number of carbonyl (C=O) groups excluding carboxylic acids is 3. The Kier molecular flexibility index (Phi) is 3.82. The lowest BCUT2D eigenvalue weighted by Crippen LogP contribution is -2.39. The van der Waals surface area contributed by atoms with Crippen molar-refractivity contribution < 1.29 is 27.6 Å². The number of nitrogens with one attached hydrogen (secondary N) is 1. The van der Waals surface area contributed by atoms with Gasteiger partial charge in [-0.1, -0.05) is 6.07 Å². The Bertz CT molecular complexity index is 764. The van der Waals surface area contributed by atoms with Crippen LogP contribution in [0.1, 0.15) is 24.8 Å². The standard InChI is InChI=1S/C18H17F3N2O3/c19-18(20,21)11-2-1-3-12(7-11)22-13(24)8-23-16(25)14-9-4-5-10(6-9)15(14)17(23)26/h1-3,7,9-10,14-15H,4-6,8H2,(H,22,24). The van der Waals surface area contributed by atoms with Gasteiger partial charge in [-0.15, -0.1) is 0 Å². The summed E-state index contributed by atoms with van der Waals surface area (Å²) in [5, 5.41) is 2.34. The average molecular weight is 366 g/mol. The number of likely N-dealkylation sites (tertiary alicyclic amines) is 1. The molecule has 1 aromatic carbocycles. The van der Waals surface area contributed by atoms with Crippen LogP contribution in [0.5, 0.6) is 0 Å². The predicted molar refractivity (Wildman–Crippen MR) is 84.6 cm³/mol. The Morgan fingerprint density at radius 2 is 1.73 bits per heavy atom. The van der Waals surface area contributed by atoms with E-state index in [1.54, 1.807) is 0 Å². The molecule has 2 aliphatic carbocycles. The summed E-state index contributed by atoms with van der Waals surface area (Å²) in [6.45, 7) is -0.458. The number of hydrogen-bond acceptors (Lipinski definition) is 3. The topological polar surface area (TPSA) is 66.5 Å². The summed E-state index contributed by atoms with van der Waals surface area (Å²) in [5.41, 5.74) is -0.904. The van der Waals surface area contributed by atoms with E-state index < -0.39 is 24.2 Å². The Hall–Kier alpha value is -2.38. The van der Waals surface area contributed by atoms with E-state index in [0.29, 0.717) is 0 Å². The average Bonchev–Trinajstić information content (AvgIpc) is 3.24. The van der Waals surface area contributed by atoms with Crippen LogP contribution in [0.3, 0.4) is 0 Å². The van der Waals surface area contributed by atoms with Crippen molar-refractivity contribution in [3.63, 3.8) is 0 Å². The fourth-order valence-corrected chi connectivity index (χ4v) is 4.74. The van der Waals surface area contributed by atoms with Gasteiger partial charge in [0.2, 0.25) is 17.7 Å². The molecule has 3 fully saturated rings. The van der Waals surface area contributed by atoms with E-state index in [-0.39, 0.29) is 41.2 Å². The lowest BCUT2D eigenvalue weighted by molar-refractivity contribution is -0.143. The first-order valence-electron chi connectivity index (χ1n) is 8.58. The van der Waals surface area contributed by atoms with Crippen molar-refractivity contribution in [2.75, 3.05) is 11.9 Å². The summed E-state index contributed by atoms with van der Waals surface area (Å²) in [6, 6.07) is 4.24. The van der Waals surface area contributed by atoms with E-state index in [1.807, 2.05) is 0 Å². The molecule has 4 rings (SSSR count). The molecule has 4 unspecified atom stereocenters. The second-order valence-electron chi connectivity index (χ2n) is 7.27. The van der Waals surface area contributed by atoms with Gasteiger partial charge < -0.3 is 5.32 Å². The third-order valence-electron chi connectivity index (χ3n) is 5.79. The Morgan fingerprint density at radius 3 is 2.31 bits per heavy atom.